The Morgan fingerprint density at radius 3 is 2.84 bits per heavy atom. The number of thioether (sulfide) groups is 1. The number of hydrogen-bond donors (Lipinski definition) is 1. The van der Waals surface area contributed by atoms with Crippen molar-refractivity contribution in [3.63, 3.8) is 0 Å². The van der Waals surface area contributed by atoms with E-state index in [0.29, 0.717) is 29.6 Å². The van der Waals surface area contributed by atoms with Crippen molar-refractivity contribution in [2.24, 2.45) is 0 Å². The number of carbonyl (C=O) groups excluding carboxylic acids is 1. The number of ether oxygens (including phenoxy) is 1. The Morgan fingerprint density at radius 2 is 2.04 bits per heavy atom. The largest absolute Gasteiger partial charge is 0.372 e. The van der Waals surface area contributed by atoms with Crippen molar-refractivity contribution in [3.8, 4) is 0 Å². The zero-order valence-corrected chi connectivity index (χ0v) is 14.9. The number of amides is 1. The molecule has 3 heterocycles. The monoisotopic (exact) mass is 357 g/mol. The molecule has 2 aromatic heterocycles. The molecule has 25 heavy (non-hydrogen) atoms. The maximum Gasteiger partial charge on any atom is 0.233 e. The van der Waals surface area contributed by atoms with Gasteiger partial charge in [0.25, 0.3) is 0 Å². The lowest BCUT2D eigenvalue weighted by molar-refractivity contribution is -0.140. The Labute approximate surface area is 149 Å². The van der Waals surface area contributed by atoms with Gasteiger partial charge in [-0.2, -0.15) is 0 Å². The van der Waals surface area contributed by atoms with E-state index in [2.05, 4.69) is 20.2 Å². The highest BCUT2D eigenvalue weighted by atomic mass is 32.2. The SMILES string of the molecule is C[C@@H]1CN(C(=O)CSc2nnc3c(n2)[nH]c2ccccc23)C[C@@H](C)O1. The summed E-state index contributed by atoms with van der Waals surface area (Å²) in [5, 5.41) is 9.94. The minimum Gasteiger partial charge on any atom is -0.372 e. The average Bonchev–Trinajstić information content (AvgIpc) is 2.96. The van der Waals surface area contributed by atoms with E-state index >= 15 is 0 Å². The van der Waals surface area contributed by atoms with Gasteiger partial charge < -0.3 is 14.6 Å². The van der Waals surface area contributed by atoms with Crippen LogP contribution >= 0.6 is 11.8 Å². The number of hydrogen-bond acceptors (Lipinski definition) is 6. The second kappa shape index (κ2) is 6.61. The number of fused-ring (bicyclic) bond motifs is 3. The minimum atomic E-state index is 0.0679. The molecule has 7 nitrogen and oxygen atoms in total. The van der Waals surface area contributed by atoms with Crippen LogP contribution in [0.4, 0.5) is 0 Å². The molecule has 1 aliphatic heterocycles. The van der Waals surface area contributed by atoms with E-state index in [-0.39, 0.29) is 18.1 Å². The Balaban J connectivity index is 1.47. The third-order valence-electron chi connectivity index (χ3n) is 4.20. The number of morpholine rings is 1. The Kier molecular flexibility index (Phi) is 4.30. The number of nitrogens with zero attached hydrogens (tertiary/aromatic N) is 4. The predicted molar refractivity (Wildman–Crippen MR) is 96.5 cm³/mol. The van der Waals surface area contributed by atoms with Crippen LogP contribution in [0.25, 0.3) is 22.1 Å². The molecule has 8 heteroatoms. The first-order chi connectivity index (χ1) is 12.1. The van der Waals surface area contributed by atoms with Crippen LogP contribution in [-0.4, -0.2) is 62.0 Å². The fraction of sp³-hybridized carbons (Fsp3) is 0.412. The molecule has 0 saturated carbocycles. The van der Waals surface area contributed by atoms with Crippen LogP contribution in [0.3, 0.4) is 0 Å². The van der Waals surface area contributed by atoms with Gasteiger partial charge in [0, 0.05) is 24.0 Å². The number of carbonyl (C=O) groups is 1. The van der Waals surface area contributed by atoms with Crippen LogP contribution in [0, 0.1) is 0 Å². The summed E-state index contributed by atoms with van der Waals surface area (Å²) < 4.78 is 5.67. The highest BCUT2D eigenvalue weighted by Gasteiger charge is 2.26. The van der Waals surface area contributed by atoms with Gasteiger partial charge in [-0.25, -0.2) is 4.98 Å². The summed E-state index contributed by atoms with van der Waals surface area (Å²) in [5.41, 5.74) is 2.43. The van der Waals surface area contributed by atoms with E-state index in [1.54, 1.807) is 0 Å². The summed E-state index contributed by atoms with van der Waals surface area (Å²) in [6.07, 6.45) is 0.136. The van der Waals surface area contributed by atoms with Gasteiger partial charge in [-0.1, -0.05) is 30.0 Å². The summed E-state index contributed by atoms with van der Waals surface area (Å²) in [6, 6.07) is 7.89. The van der Waals surface area contributed by atoms with Crippen LogP contribution in [0.2, 0.25) is 0 Å². The number of benzene rings is 1. The van der Waals surface area contributed by atoms with E-state index in [4.69, 9.17) is 4.74 Å². The molecule has 0 radical (unpaired) electrons. The molecule has 1 aliphatic rings. The lowest BCUT2D eigenvalue weighted by Gasteiger charge is -2.35. The van der Waals surface area contributed by atoms with E-state index in [1.165, 1.54) is 11.8 Å². The topological polar surface area (TPSA) is 84.0 Å². The minimum absolute atomic E-state index is 0.0679. The first-order valence-corrected chi connectivity index (χ1v) is 9.26. The number of nitrogens with one attached hydrogen (secondary N) is 1. The normalized spacial score (nSPS) is 21.1. The Bertz CT molecular complexity index is 918. The smallest absolute Gasteiger partial charge is 0.233 e. The van der Waals surface area contributed by atoms with Gasteiger partial charge in [0.05, 0.1) is 18.0 Å². The van der Waals surface area contributed by atoms with Crippen molar-refractivity contribution in [1.29, 1.82) is 0 Å². The molecule has 0 spiro atoms. The van der Waals surface area contributed by atoms with Crippen LogP contribution in [0.5, 0.6) is 0 Å². The van der Waals surface area contributed by atoms with Crippen LogP contribution in [0.15, 0.2) is 29.4 Å². The van der Waals surface area contributed by atoms with Gasteiger partial charge in [-0.3, -0.25) is 4.79 Å². The van der Waals surface area contributed by atoms with Crippen LogP contribution in [0.1, 0.15) is 13.8 Å². The molecule has 0 aliphatic carbocycles. The summed E-state index contributed by atoms with van der Waals surface area (Å²) in [7, 11) is 0. The lowest BCUT2D eigenvalue weighted by atomic mass is 10.2. The van der Waals surface area contributed by atoms with Crippen molar-refractivity contribution in [3.05, 3.63) is 24.3 Å². The number of H-pyrrole nitrogens is 1. The zero-order valence-electron chi connectivity index (χ0n) is 14.1. The van der Waals surface area contributed by atoms with E-state index in [9.17, 15) is 4.79 Å². The second-order valence-corrected chi connectivity index (χ2v) is 7.25. The highest BCUT2D eigenvalue weighted by molar-refractivity contribution is 7.99. The number of rotatable bonds is 3. The molecule has 2 atom stereocenters. The van der Waals surface area contributed by atoms with E-state index in [0.717, 1.165) is 16.4 Å². The fourth-order valence-electron chi connectivity index (χ4n) is 3.17. The summed E-state index contributed by atoms with van der Waals surface area (Å²) in [4.78, 5) is 22.0. The van der Waals surface area contributed by atoms with Crippen molar-refractivity contribution < 1.29 is 9.53 Å². The first-order valence-electron chi connectivity index (χ1n) is 8.27. The molecule has 1 N–H and O–H groups in total. The lowest BCUT2D eigenvalue weighted by Crippen LogP contribution is -2.48. The van der Waals surface area contributed by atoms with Gasteiger partial charge >= 0.3 is 0 Å². The number of aromatic amines is 1. The molecule has 1 fully saturated rings. The molecule has 3 aromatic rings. The quantitative estimate of drug-likeness (QED) is 0.724. The van der Waals surface area contributed by atoms with Crippen LogP contribution < -0.4 is 0 Å². The molecule has 1 saturated heterocycles. The molecular weight excluding hydrogens is 338 g/mol. The highest BCUT2D eigenvalue weighted by Crippen LogP contribution is 2.23. The fourth-order valence-corrected chi connectivity index (χ4v) is 3.86. The first kappa shape index (κ1) is 16.3. The van der Waals surface area contributed by atoms with Crippen LogP contribution in [-0.2, 0) is 9.53 Å². The van der Waals surface area contributed by atoms with Gasteiger partial charge in [0.1, 0.15) is 5.52 Å². The third kappa shape index (κ3) is 3.32. The Hall–Kier alpha value is -2.19. The molecule has 4 rings (SSSR count). The summed E-state index contributed by atoms with van der Waals surface area (Å²) >= 11 is 1.31. The average molecular weight is 357 g/mol. The predicted octanol–water partition coefficient (Wildman–Crippen LogP) is 2.23. The molecule has 1 aromatic carbocycles. The molecule has 0 bridgehead atoms. The van der Waals surface area contributed by atoms with Crippen molar-refractivity contribution in [1.82, 2.24) is 25.1 Å². The van der Waals surface area contributed by atoms with E-state index < -0.39 is 0 Å². The summed E-state index contributed by atoms with van der Waals surface area (Å²) in [5.74, 6) is 0.375. The van der Waals surface area contributed by atoms with E-state index in [1.807, 2.05) is 43.0 Å². The maximum atomic E-state index is 12.4. The molecule has 130 valence electrons. The Morgan fingerprint density at radius 1 is 1.28 bits per heavy atom. The molecule has 0 unspecified atom stereocenters. The number of aromatic nitrogens is 4. The van der Waals surface area contributed by atoms with Gasteiger partial charge in [0.15, 0.2) is 5.65 Å². The van der Waals surface area contributed by atoms with Gasteiger partial charge in [-0.15, -0.1) is 10.2 Å². The van der Waals surface area contributed by atoms with Crippen molar-refractivity contribution in [2.75, 3.05) is 18.8 Å². The van der Waals surface area contributed by atoms with Gasteiger partial charge in [-0.05, 0) is 19.9 Å². The zero-order chi connectivity index (χ0) is 17.4. The molecule has 1 amide bonds. The maximum absolute atomic E-state index is 12.4. The summed E-state index contributed by atoms with van der Waals surface area (Å²) in [6.45, 7) is 5.23. The van der Waals surface area contributed by atoms with Crippen molar-refractivity contribution in [2.45, 2.75) is 31.2 Å². The molecular formula is C17H19N5O2S. The van der Waals surface area contributed by atoms with Crippen molar-refractivity contribution >= 4 is 39.7 Å². The van der Waals surface area contributed by atoms with Gasteiger partial charge in [0.2, 0.25) is 11.1 Å². The second-order valence-electron chi connectivity index (χ2n) is 6.31. The number of para-hydroxylation sites is 1. The standard InChI is InChI=1S/C17H19N5O2S/c1-10-7-22(8-11(2)24-10)14(23)9-25-17-19-16-15(20-21-17)12-5-3-4-6-13(12)18-16/h3-6,10-11H,7-9H2,1-2H3,(H,18,19,21)/t10-,11-/m1/s1. The third-order valence-corrected chi connectivity index (χ3v) is 5.02.